The Bertz CT molecular complexity index is 1420. The number of aromatic amines is 1. The van der Waals surface area contributed by atoms with E-state index in [9.17, 15) is 13.2 Å². The number of H-pyrrole nitrogens is 1. The average Bonchev–Trinajstić information content (AvgIpc) is 3.28. The van der Waals surface area contributed by atoms with Crippen LogP contribution in [0.4, 0.5) is 0 Å². The molecule has 1 aromatic carbocycles. The number of piperazine rings is 1. The van der Waals surface area contributed by atoms with Gasteiger partial charge in [0.1, 0.15) is 5.69 Å². The summed E-state index contributed by atoms with van der Waals surface area (Å²) in [6.07, 6.45) is 3.07. The predicted molar refractivity (Wildman–Crippen MR) is 119 cm³/mol. The molecule has 0 unspecified atom stereocenters. The number of hydrogen-bond donors (Lipinski definition) is 1. The topological polar surface area (TPSA) is 138 Å². The smallest absolute Gasteiger partial charge is 0.293 e. The molecule has 1 fully saturated rings. The van der Waals surface area contributed by atoms with Crippen molar-refractivity contribution in [2.75, 3.05) is 26.2 Å². The maximum Gasteiger partial charge on any atom is 0.293 e. The molecule has 4 aromatic rings. The van der Waals surface area contributed by atoms with Crippen LogP contribution in [0.25, 0.3) is 22.4 Å². The van der Waals surface area contributed by atoms with Gasteiger partial charge in [0, 0.05) is 37.4 Å². The summed E-state index contributed by atoms with van der Waals surface area (Å²) in [5.74, 6) is -0.467. The van der Waals surface area contributed by atoms with Gasteiger partial charge in [0.15, 0.2) is 0 Å². The number of aromatic nitrogens is 6. The molecule has 5 rings (SSSR count). The first-order valence-electron chi connectivity index (χ1n) is 9.98. The van der Waals surface area contributed by atoms with Gasteiger partial charge in [0.25, 0.3) is 15.9 Å². The van der Waals surface area contributed by atoms with E-state index in [2.05, 4.69) is 30.1 Å². The van der Waals surface area contributed by atoms with Gasteiger partial charge in [-0.2, -0.15) is 4.31 Å². The van der Waals surface area contributed by atoms with Crippen molar-refractivity contribution < 1.29 is 13.2 Å². The summed E-state index contributed by atoms with van der Waals surface area (Å²) in [6.45, 7) is 0.613. The van der Waals surface area contributed by atoms with Gasteiger partial charge in [-0.15, -0.1) is 10.2 Å². The molecule has 0 radical (unpaired) electrons. The third-order valence-corrected chi connectivity index (χ3v) is 7.17. The number of imidazole rings is 1. The van der Waals surface area contributed by atoms with E-state index in [-0.39, 0.29) is 37.2 Å². The van der Waals surface area contributed by atoms with Crippen LogP contribution >= 0.6 is 11.6 Å². The molecule has 168 valence electrons. The molecule has 4 heterocycles. The van der Waals surface area contributed by atoms with E-state index < -0.39 is 15.9 Å². The molecule has 33 heavy (non-hydrogen) atoms. The Hall–Kier alpha value is -3.48. The molecule has 1 aliphatic heterocycles. The van der Waals surface area contributed by atoms with E-state index >= 15 is 0 Å². The van der Waals surface area contributed by atoms with Crippen molar-refractivity contribution in [3.8, 4) is 11.4 Å². The van der Waals surface area contributed by atoms with Gasteiger partial charge in [0.2, 0.25) is 11.0 Å². The Morgan fingerprint density at radius 2 is 1.82 bits per heavy atom. The minimum Gasteiger partial charge on any atom is -0.333 e. The average molecular weight is 485 g/mol. The number of fused-ring (bicyclic) bond motifs is 1. The van der Waals surface area contributed by atoms with Gasteiger partial charge >= 0.3 is 0 Å². The first-order chi connectivity index (χ1) is 15.9. The number of rotatable bonds is 4. The Kier molecular flexibility index (Phi) is 5.48. The maximum absolute atomic E-state index is 13.0. The monoisotopic (exact) mass is 484 g/mol. The van der Waals surface area contributed by atoms with Gasteiger partial charge in [-0.05, 0) is 30.3 Å². The molecule has 0 atom stereocenters. The number of amides is 1. The second kappa shape index (κ2) is 8.46. The summed E-state index contributed by atoms with van der Waals surface area (Å²) in [4.78, 5) is 29.6. The molecular formula is C20H17ClN8O3S. The Morgan fingerprint density at radius 1 is 1.00 bits per heavy atom. The lowest BCUT2D eigenvalue weighted by molar-refractivity contribution is 0.0684. The zero-order valence-electron chi connectivity index (χ0n) is 17.1. The number of pyridine rings is 1. The molecule has 1 aliphatic rings. The fraction of sp³-hybridized carbons (Fsp3) is 0.200. The molecule has 13 heteroatoms. The van der Waals surface area contributed by atoms with Crippen LogP contribution < -0.4 is 0 Å². The third-order valence-electron chi connectivity index (χ3n) is 5.21. The van der Waals surface area contributed by atoms with Crippen molar-refractivity contribution >= 4 is 38.6 Å². The highest BCUT2D eigenvalue weighted by Crippen LogP contribution is 2.22. The van der Waals surface area contributed by atoms with E-state index in [4.69, 9.17) is 11.6 Å². The predicted octanol–water partition coefficient (Wildman–Crippen LogP) is 1.61. The number of carbonyl (C=O) groups excluding carboxylic acids is 1. The van der Waals surface area contributed by atoms with Crippen LogP contribution in [0.5, 0.6) is 0 Å². The number of nitrogens with zero attached hydrogens (tertiary/aromatic N) is 7. The first kappa shape index (κ1) is 21.4. The van der Waals surface area contributed by atoms with Crippen molar-refractivity contribution in [2.24, 2.45) is 0 Å². The van der Waals surface area contributed by atoms with Gasteiger partial charge < -0.3 is 9.88 Å². The molecule has 1 N–H and O–H groups in total. The Labute approximate surface area is 193 Å². The molecular weight excluding hydrogens is 468 g/mol. The number of halogens is 1. The van der Waals surface area contributed by atoms with Gasteiger partial charge in [-0.1, -0.05) is 17.7 Å². The number of nitrogens with one attached hydrogen (secondary N) is 1. The van der Waals surface area contributed by atoms with Crippen molar-refractivity contribution in [3.05, 3.63) is 59.6 Å². The normalized spacial score (nSPS) is 15.1. The lowest BCUT2D eigenvalue weighted by Gasteiger charge is -2.32. The Balaban J connectivity index is 1.26. The van der Waals surface area contributed by atoms with E-state index in [0.717, 1.165) is 0 Å². The van der Waals surface area contributed by atoms with Crippen LogP contribution in [0.2, 0.25) is 5.02 Å². The fourth-order valence-electron chi connectivity index (χ4n) is 3.48. The van der Waals surface area contributed by atoms with Crippen LogP contribution in [0.1, 0.15) is 10.6 Å². The number of hydrogen-bond acceptors (Lipinski definition) is 8. The second-order valence-electron chi connectivity index (χ2n) is 7.28. The molecule has 3 aromatic heterocycles. The standard InChI is InChI=1S/C20H17ClN8O3S/c21-13-4-5-15-16(11-13)25-20(24-15)33(31,32)29-9-7-28(8-10-29)19(30)18-23-12-17(26-27-18)14-3-1-2-6-22-14/h1-6,11-12H,7-10H2,(H,24,25). The zero-order chi connectivity index (χ0) is 23.0. The van der Waals surface area contributed by atoms with Crippen LogP contribution in [0, 0.1) is 0 Å². The molecule has 0 saturated carbocycles. The lowest BCUT2D eigenvalue weighted by atomic mass is 10.3. The van der Waals surface area contributed by atoms with E-state index in [1.54, 1.807) is 36.5 Å². The molecule has 0 spiro atoms. The highest BCUT2D eigenvalue weighted by atomic mass is 35.5. The highest BCUT2D eigenvalue weighted by Gasteiger charge is 2.33. The molecule has 0 aliphatic carbocycles. The van der Waals surface area contributed by atoms with E-state index in [1.807, 2.05) is 6.07 Å². The fourth-order valence-corrected chi connectivity index (χ4v) is 4.99. The number of sulfonamides is 1. The zero-order valence-corrected chi connectivity index (χ0v) is 18.7. The molecule has 11 nitrogen and oxygen atoms in total. The lowest BCUT2D eigenvalue weighted by Crippen LogP contribution is -2.51. The summed E-state index contributed by atoms with van der Waals surface area (Å²) in [7, 11) is -3.85. The minimum atomic E-state index is -3.85. The van der Waals surface area contributed by atoms with Gasteiger partial charge in [0.05, 0.1) is 22.9 Å². The summed E-state index contributed by atoms with van der Waals surface area (Å²) in [6, 6.07) is 10.3. The Morgan fingerprint density at radius 3 is 2.52 bits per heavy atom. The van der Waals surface area contributed by atoms with Crippen molar-refractivity contribution in [2.45, 2.75) is 5.16 Å². The summed E-state index contributed by atoms with van der Waals surface area (Å²) >= 11 is 5.96. The van der Waals surface area contributed by atoms with Crippen molar-refractivity contribution in [3.63, 3.8) is 0 Å². The third kappa shape index (κ3) is 4.15. The van der Waals surface area contributed by atoms with Gasteiger partial charge in [-0.25, -0.2) is 18.4 Å². The molecule has 1 saturated heterocycles. The largest absolute Gasteiger partial charge is 0.333 e. The SMILES string of the molecule is O=C(c1ncc(-c2ccccn2)nn1)N1CCN(S(=O)(=O)c2nc3ccc(Cl)cc3[nH]2)CC1. The van der Waals surface area contributed by atoms with Gasteiger partial charge in [-0.3, -0.25) is 9.78 Å². The minimum absolute atomic E-state index is 0.0554. The quantitative estimate of drug-likeness (QED) is 0.461. The van der Waals surface area contributed by atoms with Crippen molar-refractivity contribution in [1.82, 2.24) is 39.3 Å². The summed E-state index contributed by atoms with van der Waals surface area (Å²) in [5, 5.41) is 8.29. The van der Waals surface area contributed by atoms with Crippen molar-refractivity contribution in [1.29, 1.82) is 0 Å². The molecule has 0 bridgehead atoms. The van der Waals surface area contributed by atoms with Crippen LogP contribution in [0.15, 0.2) is 53.9 Å². The molecule has 1 amide bonds. The first-order valence-corrected chi connectivity index (χ1v) is 11.8. The van der Waals surface area contributed by atoms with Crippen LogP contribution in [0.3, 0.4) is 0 Å². The highest BCUT2D eigenvalue weighted by molar-refractivity contribution is 7.89. The van der Waals surface area contributed by atoms with Crippen LogP contribution in [-0.4, -0.2) is 79.8 Å². The van der Waals surface area contributed by atoms with E-state index in [1.165, 1.54) is 15.4 Å². The summed E-state index contributed by atoms with van der Waals surface area (Å²) in [5.41, 5.74) is 2.10. The van der Waals surface area contributed by atoms with E-state index in [0.29, 0.717) is 27.4 Å². The second-order valence-corrected chi connectivity index (χ2v) is 9.57. The summed E-state index contributed by atoms with van der Waals surface area (Å²) < 4.78 is 27.3. The maximum atomic E-state index is 13.0. The number of carbonyl (C=O) groups is 1. The van der Waals surface area contributed by atoms with Crippen LogP contribution in [-0.2, 0) is 10.0 Å². The number of benzene rings is 1.